The highest BCUT2D eigenvalue weighted by Gasteiger charge is 2.29. The first-order valence-electron chi connectivity index (χ1n) is 10.3. The predicted octanol–water partition coefficient (Wildman–Crippen LogP) is 7.25. The molecule has 1 N–H and O–H groups in total. The molecule has 0 aliphatic rings. The van der Waals surface area contributed by atoms with Crippen LogP contribution >= 0.6 is 19.8 Å². The molecule has 0 radical (unpaired) electrons. The van der Waals surface area contributed by atoms with Crippen LogP contribution in [0.25, 0.3) is 0 Å². The lowest BCUT2D eigenvalue weighted by Crippen LogP contribution is -2.30. The van der Waals surface area contributed by atoms with Gasteiger partial charge in [-0.15, -0.1) is 0 Å². The monoisotopic (exact) mass is 430 g/mol. The van der Waals surface area contributed by atoms with Gasteiger partial charge < -0.3 is 5.11 Å². The van der Waals surface area contributed by atoms with Crippen molar-refractivity contribution in [2.24, 2.45) is 0 Å². The largest absolute Gasteiger partial charge is 0.382 e. The van der Waals surface area contributed by atoms with E-state index in [0.717, 1.165) is 13.8 Å². The molecule has 0 aliphatic heterocycles. The third-order valence-electron chi connectivity index (χ3n) is 5.15. The molecule has 1 atom stereocenters. The molecule has 1 unspecified atom stereocenters. The van der Waals surface area contributed by atoms with Crippen LogP contribution in [0.3, 0.4) is 0 Å². The van der Waals surface area contributed by atoms with E-state index in [4.69, 9.17) is 11.6 Å². The number of aliphatic hydroxyl groups excluding tert-OH is 1. The van der Waals surface area contributed by atoms with Crippen molar-refractivity contribution in [3.63, 3.8) is 0 Å². The highest BCUT2D eigenvalue weighted by molar-refractivity contribution is 7.53. The van der Waals surface area contributed by atoms with Crippen molar-refractivity contribution in [2.45, 2.75) is 84.7 Å². The number of aliphatic hydroxyl groups is 1. The predicted molar refractivity (Wildman–Crippen MR) is 131 cm³/mol. The molecule has 0 fully saturated rings. The lowest BCUT2D eigenvalue weighted by atomic mass is 9.75. The Kier molecular flexibility index (Phi) is 7.11. The van der Waals surface area contributed by atoms with Crippen LogP contribution in [-0.4, -0.2) is 9.86 Å². The second-order valence-electron chi connectivity index (χ2n) is 10.9. The lowest BCUT2D eigenvalue weighted by molar-refractivity contribution is 0.252. The first-order chi connectivity index (χ1) is 13.1. The van der Waals surface area contributed by atoms with Crippen molar-refractivity contribution >= 4 is 29.9 Å². The molecule has 2 rings (SSSR count). The van der Waals surface area contributed by atoms with Crippen LogP contribution < -0.4 is 5.30 Å². The Balaban J connectivity index is 2.77. The van der Waals surface area contributed by atoms with E-state index in [1.807, 2.05) is 30.3 Å². The molecule has 3 heteroatoms. The third-order valence-corrected chi connectivity index (χ3v) is 6.78. The summed E-state index contributed by atoms with van der Waals surface area (Å²) in [6, 6.07) is 14.3. The van der Waals surface area contributed by atoms with E-state index < -0.39 is 6.10 Å². The molecule has 0 saturated carbocycles. The van der Waals surface area contributed by atoms with Crippen LogP contribution in [0.2, 0.25) is 0 Å². The van der Waals surface area contributed by atoms with Crippen LogP contribution in [0.1, 0.15) is 90.7 Å². The van der Waals surface area contributed by atoms with E-state index in [9.17, 15) is 5.11 Å². The SMILES string of the molecule is CC(C)(C)c1cc(C(C)(C)C)c(P=C(Cl)C(O)c2ccccc2)c(C(C)(C)C)c1. The first-order valence-corrected chi connectivity index (χ1v) is 11.6. The minimum absolute atomic E-state index is 0.0293. The van der Waals surface area contributed by atoms with Gasteiger partial charge >= 0.3 is 0 Å². The van der Waals surface area contributed by atoms with Gasteiger partial charge in [0, 0.05) is 5.30 Å². The average molecular weight is 431 g/mol. The van der Waals surface area contributed by atoms with Gasteiger partial charge in [0.1, 0.15) is 6.10 Å². The van der Waals surface area contributed by atoms with E-state index in [1.165, 1.54) is 22.0 Å². The molecule has 0 spiro atoms. The van der Waals surface area contributed by atoms with Crippen LogP contribution in [0.4, 0.5) is 0 Å². The highest BCUT2D eigenvalue weighted by Crippen LogP contribution is 2.36. The standard InChI is InChI=1S/C26H36ClOP/c1-24(2,3)18-15-19(25(4,5)6)22(20(16-18)26(7,8)9)29-23(27)21(28)17-13-11-10-12-14-17/h10-16,21,28H,1-9H3. The van der Waals surface area contributed by atoms with Gasteiger partial charge in [0.05, 0.1) is 4.75 Å². The van der Waals surface area contributed by atoms with E-state index >= 15 is 0 Å². The minimum atomic E-state index is -0.789. The maximum absolute atomic E-state index is 10.8. The number of hydrogen-bond acceptors (Lipinski definition) is 1. The summed E-state index contributed by atoms with van der Waals surface area (Å²) in [5, 5.41) is 12.1. The fourth-order valence-corrected chi connectivity index (χ4v) is 5.18. The zero-order chi connectivity index (χ0) is 22.2. The summed E-state index contributed by atoms with van der Waals surface area (Å²) in [5.41, 5.74) is 4.77. The van der Waals surface area contributed by atoms with Gasteiger partial charge in [0.2, 0.25) is 0 Å². The second-order valence-corrected chi connectivity index (χ2v) is 12.7. The van der Waals surface area contributed by atoms with Gasteiger partial charge in [0.25, 0.3) is 0 Å². The van der Waals surface area contributed by atoms with Crippen LogP contribution in [-0.2, 0) is 16.2 Å². The fourth-order valence-electron chi connectivity index (χ4n) is 3.27. The van der Waals surface area contributed by atoms with Gasteiger partial charge in [-0.2, -0.15) is 0 Å². The van der Waals surface area contributed by atoms with E-state index in [1.54, 1.807) is 0 Å². The zero-order valence-corrected chi connectivity index (χ0v) is 21.0. The third kappa shape index (κ3) is 5.94. The maximum Gasteiger partial charge on any atom is 0.119 e. The number of hydrogen-bond donors (Lipinski definition) is 1. The molecular weight excluding hydrogens is 395 g/mol. The molecule has 0 bridgehead atoms. The first kappa shape index (κ1) is 24.1. The fraction of sp³-hybridized carbons (Fsp3) is 0.500. The van der Waals surface area contributed by atoms with Gasteiger partial charge in [-0.3, -0.25) is 0 Å². The minimum Gasteiger partial charge on any atom is -0.382 e. The maximum atomic E-state index is 10.8. The van der Waals surface area contributed by atoms with Crippen LogP contribution in [0.5, 0.6) is 0 Å². The van der Waals surface area contributed by atoms with Crippen LogP contribution in [0.15, 0.2) is 42.5 Å². The Morgan fingerprint density at radius 3 is 1.62 bits per heavy atom. The van der Waals surface area contributed by atoms with Crippen molar-refractivity contribution in [1.82, 2.24) is 0 Å². The molecule has 0 heterocycles. The van der Waals surface area contributed by atoms with Crippen molar-refractivity contribution < 1.29 is 5.11 Å². The Morgan fingerprint density at radius 1 is 0.793 bits per heavy atom. The molecule has 2 aromatic carbocycles. The van der Waals surface area contributed by atoms with Crippen molar-refractivity contribution in [3.05, 3.63) is 64.7 Å². The molecule has 2 aromatic rings. The van der Waals surface area contributed by atoms with Gasteiger partial charge in [-0.25, -0.2) is 0 Å². The number of halogens is 1. The molecule has 0 amide bonds. The summed E-state index contributed by atoms with van der Waals surface area (Å²) >= 11 is 6.73. The Labute approximate surface area is 184 Å². The smallest absolute Gasteiger partial charge is 0.119 e. The van der Waals surface area contributed by atoms with E-state index in [-0.39, 0.29) is 16.2 Å². The summed E-state index contributed by atoms with van der Waals surface area (Å²) in [5.74, 6) is 0. The van der Waals surface area contributed by atoms with E-state index in [0.29, 0.717) is 4.75 Å². The summed E-state index contributed by atoms with van der Waals surface area (Å²) in [6.07, 6.45) is -0.789. The molecule has 158 valence electrons. The zero-order valence-electron chi connectivity index (χ0n) is 19.4. The Bertz CT molecular complexity index is 843. The summed E-state index contributed by atoms with van der Waals surface area (Å²) < 4.78 is 0.538. The molecular formula is C26H36ClOP. The normalized spacial score (nSPS) is 14.8. The van der Waals surface area contributed by atoms with Gasteiger partial charge in [-0.1, -0.05) is 116 Å². The summed E-state index contributed by atoms with van der Waals surface area (Å²) in [6.45, 7) is 20.3. The van der Waals surface area contributed by atoms with Crippen molar-refractivity contribution in [2.75, 3.05) is 0 Å². The van der Waals surface area contributed by atoms with E-state index in [2.05, 4.69) is 74.4 Å². The van der Waals surface area contributed by atoms with Crippen molar-refractivity contribution in [1.29, 1.82) is 0 Å². The topological polar surface area (TPSA) is 20.2 Å². The van der Waals surface area contributed by atoms with Crippen molar-refractivity contribution in [3.8, 4) is 0 Å². The molecule has 0 saturated heterocycles. The highest BCUT2D eigenvalue weighted by atomic mass is 35.5. The number of benzene rings is 2. The molecule has 1 nitrogen and oxygen atoms in total. The second kappa shape index (κ2) is 8.54. The van der Waals surface area contributed by atoms with Crippen LogP contribution in [0, 0.1) is 0 Å². The summed E-state index contributed by atoms with van der Waals surface area (Å²) in [4.78, 5) is 0. The summed E-state index contributed by atoms with van der Waals surface area (Å²) in [7, 11) is 0.873. The quantitative estimate of drug-likeness (QED) is 0.508. The van der Waals surface area contributed by atoms with Gasteiger partial charge in [-0.05, 0) is 46.7 Å². The number of rotatable bonds is 3. The molecule has 29 heavy (non-hydrogen) atoms. The van der Waals surface area contributed by atoms with Gasteiger partial charge in [0.15, 0.2) is 0 Å². The molecule has 0 aliphatic carbocycles. The Morgan fingerprint density at radius 2 is 1.24 bits per heavy atom. The lowest BCUT2D eigenvalue weighted by Gasteiger charge is -2.32. The average Bonchev–Trinajstić information content (AvgIpc) is 2.58. The Hall–Kier alpha value is -1.14. The molecule has 0 aromatic heterocycles.